The average molecular weight is 334 g/mol. The first kappa shape index (κ1) is 18.5. The number of nitrogens with zero attached hydrogens (tertiary/aromatic N) is 3. The van der Waals surface area contributed by atoms with E-state index in [0.717, 1.165) is 12.1 Å². The Labute approximate surface area is 136 Å². The second-order valence-electron chi connectivity index (χ2n) is 4.66. The van der Waals surface area contributed by atoms with Gasteiger partial charge in [0, 0.05) is 38.0 Å². The predicted molar refractivity (Wildman–Crippen MR) is 81.4 cm³/mol. The summed E-state index contributed by atoms with van der Waals surface area (Å²) in [6.07, 6.45) is 3.82. The number of carboxylic acids is 1. The van der Waals surface area contributed by atoms with E-state index in [0.29, 0.717) is 6.07 Å². The number of nitro groups is 2. The fraction of sp³-hybridized carbons (Fsp3) is 0.143. The molecule has 24 heavy (non-hydrogen) atoms. The quantitative estimate of drug-likeness (QED) is 0.582. The van der Waals surface area contributed by atoms with Crippen LogP contribution in [0, 0.1) is 20.2 Å². The van der Waals surface area contributed by atoms with Crippen LogP contribution in [0.1, 0.15) is 10.4 Å². The highest BCUT2D eigenvalue weighted by atomic mass is 16.6. The van der Waals surface area contributed by atoms with Gasteiger partial charge in [0.15, 0.2) is 12.4 Å². The van der Waals surface area contributed by atoms with E-state index in [2.05, 4.69) is 9.88 Å². The highest BCUT2D eigenvalue weighted by molar-refractivity contribution is 5.91. The molecular weight excluding hydrogens is 320 g/mol. The molecule has 0 bridgehead atoms. The van der Waals surface area contributed by atoms with Gasteiger partial charge in [0.05, 0.1) is 27.4 Å². The Balaban J connectivity index is 0.000000272. The Hall–Kier alpha value is -3.56. The number of anilines is 1. The molecule has 0 amide bonds. The summed E-state index contributed by atoms with van der Waals surface area (Å²) >= 11 is 0. The summed E-state index contributed by atoms with van der Waals surface area (Å²) < 4.78 is 0. The van der Waals surface area contributed by atoms with Crippen molar-refractivity contribution in [3.63, 3.8) is 0 Å². The summed E-state index contributed by atoms with van der Waals surface area (Å²) in [6.45, 7) is 0. The van der Waals surface area contributed by atoms with Crippen molar-refractivity contribution in [2.75, 3.05) is 19.0 Å². The number of carboxylic acid groups (broad SMARTS) is 1. The number of aromatic nitrogens is 1. The number of pyridine rings is 1. The van der Waals surface area contributed by atoms with Crippen LogP contribution in [0.2, 0.25) is 0 Å². The predicted octanol–water partition coefficient (Wildman–Crippen LogP) is 0.433. The Kier molecular flexibility index (Phi) is 6.30. The number of nitrogens with one attached hydrogen (secondary N) is 1. The first-order valence-electron chi connectivity index (χ1n) is 6.51. The van der Waals surface area contributed by atoms with Crippen molar-refractivity contribution < 1.29 is 24.7 Å². The van der Waals surface area contributed by atoms with Crippen molar-refractivity contribution >= 4 is 23.0 Å². The van der Waals surface area contributed by atoms with E-state index >= 15 is 0 Å². The molecule has 2 aromatic rings. The minimum Gasteiger partial charge on any atom is -0.545 e. The molecule has 1 N–H and O–H groups in total. The van der Waals surface area contributed by atoms with Gasteiger partial charge >= 0.3 is 0 Å². The first-order chi connectivity index (χ1) is 11.2. The number of carbonyl (C=O) groups excluding carboxylic acids is 1. The molecule has 0 radical (unpaired) electrons. The summed E-state index contributed by atoms with van der Waals surface area (Å²) in [5.41, 5.74) is -0.879. The van der Waals surface area contributed by atoms with Gasteiger partial charge in [0.25, 0.3) is 11.4 Å². The van der Waals surface area contributed by atoms with Crippen LogP contribution in [0.5, 0.6) is 0 Å². The number of non-ortho nitro benzene ring substituents is 1. The van der Waals surface area contributed by atoms with Gasteiger partial charge in [-0.3, -0.25) is 20.2 Å². The van der Waals surface area contributed by atoms with E-state index in [4.69, 9.17) is 0 Å². The minimum atomic E-state index is -1.75. The lowest BCUT2D eigenvalue weighted by Gasteiger charge is -2.08. The average Bonchev–Trinajstić information content (AvgIpc) is 2.55. The van der Waals surface area contributed by atoms with Gasteiger partial charge in [-0.1, -0.05) is 0 Å². The van der Waals surface area contributed by atoms with E-state index in [1.807, 2.05) is 38.6 Å². The third-order valence-corrected chi connectivity index (χ3v) is 2.83. The SMILES string of the molecule is CN(C)c1cc[nH+]cc1.O=C([O-])c1ccc([N+](=O)[O-])cc1[N+](=O)[O-]. The van der Waals surface area contributed by atoms with E-state index in [1.165, 1.54) is 5.69 Å². The fourth-order valence-electron chi connectivity index (χ4n) is 1.63. The lowest BCUT2D eigenvalue weighted by molar-refractivity contribution is -0.394. The molecule has 0 aliphatic heterocycles. The number of benzene rings is 1. The molecule has 1 aromatic carbocycles. The number of nitro benzene ring substituents is 2. The Bertz CT molecular complexity index is 748. The first-order valence-corrected chi connectivity index (χ1v) is 6.51. The number of hydrogen-bond acceptors (Lipinski definition) is 7. The molecule has 1 heterocycles. The van der Waals surface area contributed by atoms with Gasteiger partial charge in [-0.05, 0) is 6.07 Å². The summed E-state index contributed by atoms with van der Waals surface area (Å²) in [5, 5.41) is 31.1. The van der Waals surface area contributed by atoms with Crippen molar-refractivity contribution in [3.05, 3.63) is 68.5 Å². The lowest BCUT2D eigenvalue weighted by atomic mass is 10.1. The zero-order valence-corrected chi connectivity index (χ0v) is 12.8. The second-order valence-corrected chi connectivity index (χ2v) is 4.66. The maximum absolute atomic E-state index is 10.4. The molecular formula is C14H14N4O6. The zero-order chi connectivity index (χ0) is 18.3. The zero-order valence-electron chi connectivity index (χ0n) is 12.8. The molecule has 10 heteroatoms. The number of aromatic amines is 1. The third kappa shape index (κ3) is 5.02. The lowest BCUT2D eigenvalue weighted by Crippen LogP contribution is -2.23. The molecule has 0 spiro atoms. The summed E-state index contributed by atoms with van der Waals surface area (Å²) in [5.74, 6) is -1.75. The van der Waals surface area contributed by atoms with Gasteiger partial charge in [-0.15, -0.1) is 0 Å². The highest BCUT2D eigenvalue weighted by Gasteiger charge is 2.19. The normalized spacial score (nSPS) is 9.42. The standard InChI is InChI=1S/C7H4N2O6.C7H10N2/c10-7(11)5-2-1-4(8(12)13)3-6(5)9(14)15;1-9(2)7-3-5-8-6-4-7/h1-3H,(H,10,11);3-6H,1-2H3. The van der Waals surface area contributed by atoms with Crippen LogP contribution in [0.4, 0.5) is 17.1 Å². The molecule has 0 aliphatic rings. The van der Waals surface area contributed by atoms with Crippen molar-refractivity contribution in [1.29, 1.82) is 0 Å². The van der Waals surface area contributed by atoms with Crippen molar-refractivity contribution in [1.82, 2.24) is 0 Å². The Morgan fingerprint density at radius 2 is 1.62 bits per heavy atom. The molecule has 10 nitrogen and oxygen atoms in total. The largest absolute Gasteiger partial charge is 0.545 e. The van der Waals surface area contributed by atoms with Crippen molar-refractivity contribution in [3.8, 4) is 0 Å². The van der Waals surface area contributed by atoms with Crippen LogP contribution in [0.3, 0.4) is 0 Å². The Morgan fingerprint density at radius 3 is 2.00 bits per heavy atom. The Morgan fingerprint density at radius 1 is 1.04 bits per heavy atom. The molecule has 0 fully saturated rings. The minimum absolute atomic E-state index is 0.549. The van der Waals surface area contributed by atoms with Crippen LogP contribution in [0.15, 0.2) is 42.7 Å². The molecule has 126 valence electrons. The van der Waals surface area contributed by atoms with Gasteiger partial charge in [0.2, 0.25) is 0 Å². The van der Waals surface area contributed by atoms with Gasteiger partial charge < -0.3 is 14.8 Å². The summed E-state index contributed by atoms with van der Waals surface area (Å²) in [6, 6.07) is 6.26. The van der Waals surface area contributed by atoms with Crippen LogP contribution >= 0.6 is 0 Å². The van der Waals surface area contributed by atoms with Crippen molar-refractivity contribution in [2.24, 2.45) is 0 Å². The van der Waals surface area contributed by atoms with E-state index < -0.39 is 32.8 Å². The van der Waals surface area contributed by atoms with E-state index in [9.17, 15) is 30.1 Å². The van der Waals surface area contributed by atoms with Crippen LogP contribution in [-0.4, -0.2) is 29.9 Å². The van der Waals surface area contributed by atoms with Crippen LogP contribution in [0.25, 0.3) is 0 Å². The monoisotopic (exact) mass is 334 g/mol. The molecule has 0 aliphatic carbocycles. The number of rotatable bonds is 4. The molecule has 0 saturated carbocycles. The number of aromatic carboxylic acids is 1. The highest BCUT2D eigenvalue weighted by Crippen LogP contribution is 2.23. The number of H-pyrrole nitrogens is 1. The topological polar surface area (TPSA) is 144 Å². The fourth-order valence-corrected chi connectivity index (χ4v) is 1.63. The molecule has 2 rings (SSSR count). The van der Waals surface area contributed by atoms with Gasteiger partial charge in [-0.25, -0.2) is 4.98 Å². The molecule has 0 unspecified atom stereocenters. The smallest absolute Gasteiger partial charge is 0.285 e. The maximum Gasteiger partial charge on any atom is 0.285 e. The molecule has 0 saturated heterocycles. The van der Waals surface area contributed by atoms with Crippen LogP contribution in [-0.2, 0) is 0 Å². The molecule has 1 aromatic heterocycles. The third-order valence-electron chi connectivity index (χ3n) is 2.83. The maximum atomic E-state index is 10.4. The van der Waals surface area contributed by atoms with Gasteiger partial charge in [-0.2, -0.15) is 0 Å². The number of hydrogen-bond donors (Lipinski definition) is 0. The van der Waals surface area contributed by atoms with Crippen molar-refractivity contribution in [2.45, 2.75) is 0 Å². The van der Waals surface area contributed by atoms with Gasteiger partial charge in [0.1, 0.15) is 0 Å². The molecule has 0 atom stereocenters. The second kappa shape index (κ2) is 8.17. The van der Waals surface area contributed by atoms with Crippen LogP contribution < -0.4 is 15.0 Å². The number of carbonyl (C=O) groups is 1. The van der Waals surface area contributed by atoms with E-state index in [-0.39, 0.29) is 0 Å². The van der Waals surface area contributed by atoms with E-state index in [1.54, 1.807) is 0 Å². The summed E-state index contributed by atoms with van der Waals surface area (Å²) in [4.78, 5) is 34.2. The summed E-state index contributed by atoms with van der Waals surface area (Å²) in [7, 11) is 4.05.